The Kier molecular flexibility index (Phi) is 3.49. The van der Waals surface area contributed by atoms with Gasteiger partial charge in [-0.1, -0.05) is 12.1 Å². The fourth-order valence-corrected chi connectivity index (χ4v) is 1.52. The summed E-state index contributed by atoms with van der Waals surface area (Å²) in [6.45, 7) is 2.67. The van der Waals surface area contributed by atoms with E-state index in [4.69, 9.17) is 10.3 Å². The summed E-state index contributed by atoms with van der Waals surface area (Å²) in [6, 6.07) is 0. The Balaban J connectivity index is 1.97. The molecule has 2 aromatic rings. The van der Waals surface area contributed by atoms with Crippen molar-refractivity contribution in [3.8, 4) is 0 Å². The molecule has 7 heteroatoms. The lowest BCUT2D eigenvalue weighted by Gasteiger charge is -2.09. The summed E-state index contributed by atoms with van der Waals surface area (Å²) in [4.78, 5) is 12.0. The number of nitrogens with one attached hydrogen (secondary N) is 1. The number of aromatic nitrogens is 4. The molecule has 17 heavy (non-hydrogen) atoms. The molecule has 0 aliphatic heterocycles. The van der Waals surface area contributed by atoms with Gasteiger partial charge in [0, 0.05) is 18.5 Å². The van der Waals surface area contributed by atoms with E-state index < -0.39 is 0 Å². The quantitative estimate of drug-likeness (QED) is 0.783. The summed E-state index contributed by atoms with van der Waals surface area (Å²) >= 11 is 0. The molecule has 0 saturated heterocycles. The van der Waals surface area contributed by atoms with Gasteiger partial charge in [0.25, 0.3) is 0 Å². The summed E-state index contributed by atoms with van der Waals surface area (Å²) < 4.78 is 4.89. The van der Waals surface area contributed by atoms with Gasteiger partial charge in [-0.05, 0) is 6.42 Å². The number of nitrogen functional groups attached to an aromatic ring is 1. The third-order valence-corrected chi connectivity index (χ3v) is 2.37. The van der Waals surface area contributed by atoms with Crippen molar-refractivity contribution in [3.05, 3.63) is 24.1 Å². The highest BCUT2D eigenvalue weighted by atomic mass is 16.5. The minimum absolute atomic E-state index is 0.516. The Labute approximate surface area is 98.5 Å². The Morgan fingerprint density at radius 3 is 2.88 bits per heavy atom. The number of anilines is 2. The molecule has 0 aliphatic carbocycles. The Morgan fingerprint density at radius 1 is 1.29 bits per heavy atom. The van der Waals surface area contributed by atoms with Crippen LogP contribution in [0.5, 0.6) is 0 Å². The lowest BCUT2D eigenvalue weighted by molar-refractivity contribution is 0.379. The van der Waals surface area contributed by atoms with Crippen molar-refractivity contribution in [2.75, 3.05) is 17.6 Å². The highest BCUT2D eigenvalue weighted by Gasteiger charge is 2.07. The van der Waals surface area contributed by atoms with Gasteiger partial charge >= 0.3 is 0 Å². The van der Waals surface area contributed by atoms with E-state index in [1.165, 1.54) is 12.7 Å². The van der Waals surface area contributed by atoms with E-state index in [1.54, 1.807) is 0 Å². The Morgan fingerprint density at radius 2 is 2.18 bits per heavy atom. The van der Waals surface area contributed by atoms with Gasteiger partial charge in [0.2, 0.25) is 5.89 Å². The van der Waals surface area contributed by atoms with Gasteiger partial charge in [-0.25, -0.2) is 9.97 Å². The van der Waals surface area contributed by atoms with Crippen molar-refractivity contribution < 1.29 is 4.52 Å². The maximum Gasteiger partial charge on any atom is 0.228 e. The van der Waals surface area contributed by atoms with Crippen molar-refractivity contribution in [2.24, 2.45) is 0 Å². The maximum absolute atomic E-state index is 5.77. The summed E-state index contributed by atoms with van der Waals surface area (Å²) in [5, 5.41) is 6.72. The van der Waals surface area contributed by atoms with Crippen LogP contribution in [-0.2, 0) is 12.8 Å². The minimum Gasteiger partial charge on any atom is -0.383 e. The van der Waals surface area contributed by atoms with Crippen LogP contribution in [0.15, 0.2) is 17.2 Å². The molecule has 0 unspecified atom stereocenters. The lowest BCUT2D eigenvalue weighted by atomic mass is 10.2. The van der Waals surface area contributed by atoms with Crippen LogP contribution in [0.1, 0.15) is 18.4 Å². The second-order valence-electron chi connectivity index (χ2n) is 3.45. The van der Waals surface area contributed by atoms with Crippen LogP contribution in [0.4, 0.5) is 11.6 Å². The second kappa shape index (κ2) is 5.24. The topological polar surface area (TPSA) is 103 Å². The van der Waals surface area contributed by atoms with E-state index in [2.05, 4.69) is 25.4 Å². The van der Waals surface area contributed by atoms with Gasteiger partial charge in [0.15, 0.2) is 6.33 Å². The van der Waals surface area contributed by atoms with Gasteiger partial charge in [0.1, 0.15) is 18.0 Å². The molecule has 0 radical (unpaired) electrons. The standard InChI is InChI=1S/C10H14N6O/c1-2-7-9(11)14-5-15-10(7)12-4-3-8-13-6-16-17-8/h5-6H,2-4H2,1H3,(H3,11,12,14,15). The van der Waals surface area contributed by atoms with Gasteiger partial charge in [0.05, 0.1) is 0 Å². The molecule has 2 aromatic heterocycles. The van der Waals surface area contributed by atoms with E-state index in [1.807, 2.05) is 6.92 Å². The fraction of sp³-hybridized carbons (Fsp3) is 0.400. The molecule has 3 N–H and O–H groups in total. The Hall–Kier alpha value is -2.18. The van der Waals surface area contributed by atoms with Crippen molar-refractivity contribution in [3.63, 3.8) is 0 Å². The van der Waals surface area contributed by atoms with E-state index in [-0.39, 0.29) is 0 Å². The van der Waals surface area contributed by atoms with Gasteiger partial charge in [-0.3, -0.25) is 0 Å². The summed E-state index contributed by atoms with van der Waals surface area (Å²) in [7, 11) is 0. The second-order valence-corrected chi connectivity index (χ2v) is 3.45. The third kappa shape index (κ3) is 2.68. The fourth-order valence-electron chi connectivity index (χ4n) is 1.52. The molecule has 0 fully saturated rings. The first-order chi connectivity index (χ1) is 8.31. The molecule has 90 valence electrons. The van der Waals surface area contributed by atoms with Crippen LogP contribution < -0.4 is 11.1 Å². The first kappa shape index (κ1) is 11.3. The molecule has 0 spiro atoms. The largest absolute Gasteiger partial charge is 0.383 e. The van der Waals surface area contributed by atoms with Crippen LogP contribution in [0, 0.1) is 0 Å². The minimum atomic E-state index is 0.516. The maximum atomic E-state index is 5.77. The van der Waals surface area contributed by atoms with E-state index >= 15 is 0 Å². The summed E-state index contributed by atoms with van der Waals surface area (Å²) in [6.07, 6.45) is 4.27. The number of nitrogens with zero attached hydrogens (tertiary/aromatic N) is 4. The third-order valence-electron chi connectivity index (χ3n) is 2.37. The van der Waals surface area contributed by atoms with E-state index in [0.717, 1.165) is 17.8 Å². The highest BCUT2D eigenvalue weighted by Crippen LogP contribution is 2.17. The van der Waals surface area contributed by atoms with Crippen molar-refractivity contribution in [1.29, 1.82) is 0 Å². The average molecular weight is 234 g/mol. The first-order valence-corrected chi connectivity index (χ1v) is 5.40. The van der Waals surface area contributed by atoms with E-state index in [0.29, 0.717) is 24.7 Å². The van der Waals surface area contributed by atoms with Gasteiger partial charge < -0.3 is 15.6 Å². The number of nitrogens with two attached hydrogens (primary N) is 1. The first-order valence-electron chi connectivity index (χ1n) is 5.40. The zero-order valence-corrected chi connectivity index (χ0v) is 9.55. The van der Waals surface area contributed by atoms with Gasteiger partial charge in [-0.15, -0.1) is 0 Å². The molecular formula is C10H14N6O. The monoisotopic (exact) mass is 234 g/mol. The summed E-state index contributed by atoms with van der Waals surface area (Å²) in [5.74, 6) is 1.87. The van der Waals surface area contributed by atoms with Crippen LogP contribution in [-0.4, -0.2) is 26.7 Å². The van der Waals surface area contributed by atoms with Crippen LogP contribution in [0.2, 0.25) is 0 Å². The molecule has 2 heterocycles. The molecule has 0 aliphatic rings. The Bertz CT molecular complexity index is 470. The predicted octanol–water partition coefficient (Wildman–Crippen LogP) is 0.659. The molecule has 0 bridgehead atoms. The average Bonchev–Trinajstić information content (AvgIpc) is 2.82. The van der Waals surface area contributed by atoms with Crippen LogP contribution in [0.3, 0.4) is 0 Å². The SMILES string of the molecule is CCc1c(N)ncnc1NCCc1ncno1. The smallest absolute Gasteiger partial charge is 0.228 e. The molecule has 0 aromatic carbocycles. The number of hydrogen-bond acceptors (Lipinski definition) is 7. The van der Waals surface area contributed by atoms with Crippen molar-refractivity contribution >= 4 is 11.6 Å². The molecule has 0 amide bonds. The van der Waals surface area contributed by atoms with Gasteiger partial charge in [-0.2, -0.15) is 4.98 Å². The molecule has 7 nitrogen and oxygen atoms in total. The predicted molar refractivity (Wildman–Crippen MR) is 62.3 cm³/mol. The molecule has 0 atom stereocenters. The number of rotatable bonds is 5. The lowest BCUT2D eigenvalue weighted by Crippen LogP contribution is -2.10. The zero-order valence-electron chi connectivity index (χ0n) is 9.55. The van der Waals surface area contributed by atoms with E-state index in [9.17, 15) is 0 Å². The van der Waals surface area contributed by atoms with Crippen LogP contribution >= 0.6 is 0 Å². The van der Waals surface area contributed by atoms with Crippen LogP contribution in [0.25, 0.3) is 0 Å². The summed E-state index contributed by atoms with van der Waals surface area (Å²) in [5.41, 5.74) is 6.69. The molecule has 0 saturated carbocycles. The molecule has 2 rings (SSSR count). The van der Waals surface area contributed by atoms with Crippen molar-refractivity contribution in [2.45, 2.75) is 19.8 Å². The highest BCUT2D eigenvalue weighted by molar-refractivity contribution is 5.54. The van der Waals surface area contributed by atoms with Crippen molar-refractivity contribution in [1.82, 2.24) is 20.1 Å². The zero-order chi connectivity index (χ0) is 12.1. The number of hydrogen-bond donors (Lipinski definition) is 2. The normalized spacial score (nSPS) is 10.4. The molecular weight excluding hydrogens is 220 g/mol.